The van der Waals surface area contributed by atoms with Gasteiger partial charge in [-0.25, -0.2) is 9.97 Å². The summed E-state index contributed by atoms with van der Waals surface area (Å²) in [6.07, 6.45) is 10.3. The number of benzene rings is 2. The van der Waals surface area contributed by atoms with Crippen LogP contribution in [0.4, 0.5) is 11.5 Å². The van der Waals surface area contributed by atoms with Crippen molar-refractivity contribution in [1.82, 2.24) is 19.4 Å². The lowest BCUT2D eigenvalue weighted by atomic mass is 10.00. The van der Waals surface area contributed by atoms with Gasteiger partial charge in [0.15, 0.2) is 17.2 Å². The minimum atomic E-state index is 0.106. The van der Waals surface area contributed by atoms with Gasteiger partial charge in [-0.15, -0.1) is 0 Å². The fourth-order valence-corrected chi connectivity index (χ4v) is 4.57. The number of rotatable bonds is 7. The molecule has 0 radical (unpaired) electrons. The monoisotopic (exact) mass is 473 g/mol. The number of aryl methyl sites for hydroxylation is 2. The first-order valence-electron chi connectivity index (χ1n) is 12.3. The quantitative estimate of drug-likeness (QED) is 0.275. The van der Waals surface area contributed by atoms with Crippen LogP contribution in [0, 0.1) is 13.8 Å². The minimum absolute atomic E-state index is 0.106. The predicted octanol–water partition coefficient (Wildman–Crippen LogP) is 6.45. The van der Waals surface area contributed by atoms with Crippen LogP contribution in [0.5, 0.6) is 0 Å². The maximum absolute atomic E-state index is 12.9. The van der Waals surface area contributed by atoms with Gasteiger partial charge >= 0.3 is 0 Å². The van der Waals surface area contributed by atoms with Gasteiger partial charge in [0.25, 0.3) is 0 Å². The number of Topliss-reactive ketones (excluding diaryl/α,β-unsaturated/α-hetero) is 1. The van der Waals surface area contributed by atoms with Gasteiger partial charge in [0, 0.05) is 59.6 Å². The molecule has 0 aliphatic heterocycles. The van der Waals surface area contributed by atoms with Gasteiger partial charge in [-0.2, -0.15) is 0 Å². The van der Waals surface area contributed by atoms with E-state index in [-0.39, 0.29) is 5.78 Å². The summed E-state index contributed by atoms with van der Waals surface area (Å²) in [5, 5.41) is 3.53. The fourth-order valence-electron chi connectivity index (χ4n) is 4.57. The Bertz CT molecular complexity index is 1580. The van der Waals surface area contributed by atoms with E-state index in [9.17, 15) is 4.79 Å². The van der Waals surface area contributed by atoms with Crippen LogP contribution in [-0.4, -0.2) is 25.1 Å². The number of pyridine rings is 1. The molecule has 0 unspecified atom stereocenters. The normalized spacial score (nSPS) is 13.2. The van der Waals surface area contributed by atoms with Crippen LogP contribution in [0.3, 0.4) is 0 Å². The molecular formula is C30H27N5O. The van der Waals surface area contributed by atoms with Crippen molar-refractivity contribution in [3.05, 3.63) is 107 Å². The third-order valence-electron chi connectivity index (χ3n) is 6.73. The highest BCUT2D eigenvalue weighted by molar-refractivity contribution is 5.97. The number of carbonyl (C=O) groups is 1. The van der Waals surface area contributed by atoms with E-state index < -0.39 is 0 Å². The Hall–Kier alpha value is -4.32. The van der Waals surface area contributed by atoms with Gasteiger partial charge in [0.1, 0.15) is 0 Å². The summed E-state index contributed by atoms with van der Waals surface area (Å²) in [5.74, 6) is 1.35. The van der Waals surface area contributed by atoms with E-state index in [1.165, 1.54) is 18.5 Å². The zero-order valence-electron chi connectivity index (χ0n) is 20.4. The lowest BCUT2D eigenvalue weighted by Gasteiger charge is -2.14. The number of aromatic nitrogens is 4. The molecule has 1 aliphatic carbocycles. The summed E-state index contributed by atoms with van der Waals surface area (Å²) in [4.78, 5) is 26.9. The molecule has 1 saturated carbocycles. The van der Waals surface area contributed by atoms with E-state index in [1.54, 1.807) is 6.20 Å². The van der Waals surface area contributed by atoms with Crippen molar-refractivity contribution >= 4 is 22.9 Å². The number of nitrogens with zero attached hydrogens (tertiary/aromatic N) is 4. The Morgan fingerprint density at radius 3 is 2.72 bits per heavy atom. The lowest BCUT2D eigenvalue weighted by molar-refractivity contribution is 0.0993. The topological polar surface area (TPSA) is 72.2 Å². The first-order valence-corrected chi connectivity index (χ1v) is 12.3. The molecule has 5 aromatic rings. The second-order valence-corrected chi connectivity index (χ2v) is 9.61. The van der Waals surface area contributed by atoms with Crippen molar-refractivity contribution < 1.29 is 4.79 Å². The number of nitrogens with one attached hydrogen (secondary N) is 1. The van der Waals surface area contributed by atoms with E-state index in [0.29, 0.717) is 18.2 Å². The second-order valence-electron chi connectivity index (χ2n) is 9.61. The third kappa shape index (κ3) is 4.38. The van der Waals surface area contributed by atoms with Crippen LogP contribution < -0.4 is 5.32 Å². The van der Waals surface area contributed by atoms with Gasteiger partial charge in [-0.1, -0.05) is 35.9 Å². The molecule has 2 aromatic carbocycles. The summed E-state index contributed by atoms with van der Waals surface area (Å²) < 4.78 is 2.16. The van der Waals surface area contributed by atoms with Gasteiger partial charge in [-0.05, 0) is 62.1 Å². The summed E-state index contributed by atoms with van der Waals surface area (Å²) >= 11 is 0. The van der Waals surface area contributed by atoms with Crippen molar-refractivity contribution in [1.29, 1.82) is 0 Å². The lowest BCUT2D eigenvalue weighted by Crippen LogP contribution is -2.06. The smallest absolute Gasteiger partial charge is 0.180 e. The average Bonchev–Trinajstić information content (AvgIpc) is 3.65. The Morgan fingerprint density at radius 1 is 1.06 bits per heavy atom. The molecule has 1 fully saturated rings. The number of hydrogen-bond donors (Lipinski definition) is 1. The highest BCUT2D eigenvalue weighted by Gasteiger charge is 2.28. The highest BCUT2D eigenvalue weighted by atomic mass is 16.1. The number of carbonyl (C=O) groups excluding carboxylic acids is 1. The number of ketones is 1. The fraction of sp³-hybridized carbons (Fsp3) is 0.200. The maximum atomic E-state index is 12.9. The molecule has 36 heavy (non-hydrogen) atoms. The molecule has 178 valence electrons. The van der Waals surface area contributed by atoms with Crippen LogP contribution in [0.25, 0.3) is 16.9 Å². The van der Waals surface area contributed by atoms with E-state index in [2.05, 4.69) is 27.8 Å². The maximum Gasteiger partial charge on any atom is 0.180 e. The summed E-state index contributed by atoms with van der Waals surface area (Å²) in [7, 11) is 0. The predicted molar refractivity (Wildman–Crippen MR) is 142 cm³/mol. The first-order chi connectivity index (χ1) is 17.5. The van der Waals surface area contributed by atoms with E-state index in [1.807, 2.05) is 73.9 Å². The van der Waals surface area contributed by atoms with E-state index >= 15 is 0 Å². The minimum Gasteiger partial charge on any atom is -0.337 e. The van der Waals surface area contributed by atoms with Crippen LogP contribution in [0.2, 0.25) is 0 Å². The molecule has 1 N–H and O–H groups in total. The standard InChI is InChI=1S/C30H27N5O/c1-19-5-3-6-23(13-19)28(36)15-21-9-8-20(2)25(14-21)33-29-30-32-17-27(22-10-11-22)35(30)18-26(34-29)24-7-4-12-31-16-24/h3-9,12-14,16-18,22H,10-11,15H2,1-2H3,(H,33,34). The number of anilines is 2. The third-order valence-corrected chi connectivity index (χ3v) is 6.73. The summed E-state index contributed by atoms with van der Waals surface area (Å²) in [6, 6.07) is 17.8. The average molecular weight is 474 g/mol. The van der Waals surface area contributed by atoms with E-state index in [4.69, 9.17) is 9.97 Å². The van der Waals surface area contributed by atoms with Crippen molar-refractivity contribution in [3.63, 3.8) is 0 Å². The number of fused-ring (bicyclic) bond motifs is 1. The zero-order chi connectivity index (χ0) is 24.6. The van der Waals surface area contributed by atoms with Gasteiger partial charge < -0.3 is 5.32 Å². The number of imidazole rings is 1. The van der Waals surface area contributed by atoms with Crippen molar-refractivity contribution in [2.75, 3.05) is 5.32 Å². The Labute approximate surface area is 210 Å². The van der Waals surface area contributed by atoms with Crippen molar-refractivity contribution in [3.8, 4) is 11.3 Å². The molecule has 0 atom stereocenters. The van der Waals surface area contributed by atoms with Crippen LogP contribution >= 0.6 is 0 Å². The SMILES string of the molecule is Cc1cccc(C(=O)Cc2ccc(C)c(Nc3nc(-c4cccnc4)cn4c(C5CC5)cnc34)c2)c1. The first kappa shape index (κ1) is 22.2. The molecule has 0 saturated heterocycles. The van der Waals surface area contributed by atoms with Gasteiger partial charge in [0.05, 0.1) is 5.69 Å². The summed E-state index contributed by atoms with van der Waals surface area (Å²) in [6.45, 7) is 4.06. The van der Waals surface area contributed by atoms with Crippen molar-refractivity contribution in [2.45, 2.75) is 39.0 Å². The zero-order valence-corrected chi connectivity index (χ0v) is 20.4. The molecule has 6 rings (SSSR count). The Kier molecular flexibility index (Phi) is 5.56. The molecule has 3 aromatic heterocycles. The van der Waals surface area contributed by atoms with Crippen molar-refractivity contribution in [2.24, 2.45) is 0 Å². The largest absolute Gasteiger partial charge is 0.337 e. The molecular weight excluding hydrogens is 446 g/mol. The molecule has 6 nitrogen and oxygen atoms in total. The molecule has 1 aliphatic rings. The Balaban J connectivity index is 1.36. The second kappa shape index (κ2) is 9.04. The highest BCUT2D eigenvalue weighted by Crippen LogP contribution is 2.41. The Morgan fingerprint density at radius 2 is 1.94 bits per heavy atom. The molecule has 6 heteroatoms. The van der Waals surface area contributed by atoms with Crippen LogP contribution in [0.1, 0.15) is 51.5 Å². The van der Waals surface area contributed by atoms with Gasteiger partial charge in [0.2, 0.25) is 0 Å². The number of hydrogen-bond acceptors (Lipinski definition) is 5. The van der Waals surface area contributed by atoms with E-state index in [0.717, 1.165) is 44.8 Å². The molecule has 3 heterocycles. The molecule has 0 bridgehead atoms. The molecule has 0 amide bonds. The molecule has 0 spiro atoms. The van der Waals surface area contributed by atoms with Gasteiger partial charge in [-0.3, -0.25) is 14.2 Å². The van der Waals surface area contributed by atoms with Crippen LogP contribution in [-0.2, 0) is 6.42 Å². The summed E-state index contributed by atoms with van der Waals surface area (Å²) in [5.41, 5.74) is 8.56. The van der Waals surface area contributed by atoms with Crippen LogP contribution in [0.15, 0.2) is 79.4 Å².